The number of alkyl halides is 1. The lowest BCUT2D eigenvalue weighted by Gasteiger charge is -2.44. The first-order valence-electron chi connectivity index (χ1n) is 8.05. The molecular weight excluding hydrogens is 399 g/mol. The van der Waals surface area contributed by atoms with E-state index < -0.39 is 5.79 Å². The first-order chi connectivity index (χ1) is 11.1. The van der Waals surface area contributed by atoms with E-state index in [4.69, 9.17) is 9.47 Å². The largest absolute Gasteiger partial charge is 0.349 e. The smallest absolute Gasteiger partial charge is 0.176 e. The van der Waals surface area contributed by atoms with Gasteiger partial charge in [0, 0.05) is 22.7 Å². The molecule has 0 spiro atoms. The Kier molecular flexibility index (Phi) is 5.39. The van der Waals surface area contributed by atoms with E-state index in [-0.39, 0.29) is 5.41 Å². The lowest BCUT2D eigenvalue weighted by atomic mass is 9.91. The van der Waals surface area contributed by atoms with Crippen LogP contribution < -0.4 is 0 Å². The van der Waals surface area contributed by atoms with Crippen molar-refractivity contribution < 1.29 is 9.47 Å². The summed E-state index contributed by atoms with van der Waals surface area (Å²) in [5.74, 6) is -0.561. The Morgan fingerprint density at radius 2 is 1.26 bits per heavy atom. The molecule has 0 bridgehead atoms. The van der Waals surface area contributed by atoms with Crippen LogP contribution in [0.4, 0.5) is 0 Å². The van der Waals surface area contributed by atoms with Crippen LogP contribution in [0.3, 0.4) is 0 Å². The van der Waals surface area contributed by atoms with Gasteiger partial charge in [-0.1, -0.05) is 90.2 Å². The normalized spacial score (nSPS) is 19.4. The van der Waals surface area contributed by atoms with Crippen molar-refractivity contribution in [1.82, 2.24) is 0 Å². The molecule has 0 aromatic heterocycles. The minimum absolute atomic E-state index is 0.109. The fraction of sp³-hybridized carbons (Fsp3) is 0.400. The lowest BCUT2D eigenvalue weighted by molar-refractivity contribution is -0.296. The fourth-order valence-electron chi connectivity index (χ4n) is 2.85. The van der Waals surface area contributed by atoms with E-state index in [9.17, 15) is 0 Å². The maximum atomic E-state index is 6.35. The summed E-state index contributed by atoms with van der Waals surface area (Å²) in [6, 6.07) is 21.0. The highest BCUT2D eigenvalue weighted by atomic mass is 127. The average molecular weight is 422 g/mol. The summed E-state index contributed by atoms with van der Waals surface area (Å²) in [6.07, 6.45) is 1.56. The Labute approximate surface area is 152 Å². The zero-order chi connectivity index (χ0) is 16.2. The van der Waals surface area contributed by atoms with Crippen molar-refractivity contribution in [2.45, 2.75) is 25.6 Å². The first-order valence-corrected chi connectivity index (χ1v) is 9.57. The molecule has 0 atom stereocenters. The van der Waals surface area contributed by atoms with Crippen LogP contribution in [0.5, 0.6) is 0 Å². The molecule has 2 nitrogen and oxygen atoms in total. The number of benzene rings is 2. The van der Waals surface area contributed by atoms with Crippen LogP contribution in [-0.2, 0) is 22.3 Å². The molecule has 1 aliphatic rings. The Morgan fingerprint density at radius 1 is 0.826 bits per heavy atom. The van der Waals surface area contributed by atoms with Crippen LogP contribution in [-0.4, -0.2) is 23.4 Å². The second-order valence-electron chi connectivity index (χ2n) is 6.76. The van der Waals surface area contributed by atoms with Crippen LogP contribution in [0, 0.1) is 5.41 Å². The van der Waals surface area contributed by atoms with Gasteiger partial charge in [-0.05, 0) is 11.1 Å². The van der Waals surface area contributed by atoms with Crippen LogP contribution in [0.2, 0.25) is 0 Å². The van der Waals surface area contributed by atoms with Crippen molar-refractivity contribution in [3.05, 3.63) is 71.8 Å². The maximum Gasteiger partial charge on any atom is 0.176 e. The summed E-state index contributed by atoms with van der Waals surface area (Å²) in [5.41, 5.74) is 2.61. The molecule has 0 saturated carbocycles. The molecule has 2 aromatic carbocycles. The molecule has 0 aliphatic carbocycles. The van der Waals surface area contributed by atoms with Gasteiger partial charge >= 0.3 is 0 Å². The first kappa shape index (κ1) is 16.9. The minimum Gasteiger partial charge on any atom is -0.349 e. The molecule has 0 radical (unpaired) electrons. The minimum atomic E-state index is -0.561. The third-order valence-electron chi connectivity index (χ3n) is 4.32. The summed E-state index contributed by atoms with van der Waals surface area (Å²) >= 11 is 2.42. The average Bonchev–Trinajstić information content (AvgIpc) is 2.60. The molecule has 0 unspecified atom stereocenters. The predicted octanol–water partition coefficient (Wildman–Crippen LogP) is 4.66. The predicted molar refractivity (Wildman–Crippen MR) is 102 cm³/mol. The molecule has 3 rings (SSSR count). The van der Waals surface area contributed by atoms with E-state index >= 15 is 0 Å². The number of hydrogen-bond donors (Lipinski definition) is 0. The van der Waals surface area contributed by atoms with Gasteiger partial charge in [-0.3, -0.25) is 0 Å². The summed E-state index contributed by atoms with van der Waals surface area (Å²) in [7, 11) is 0. The van der Waals surface area contributed by atoms with Gasteiger partial charge in [0.25, 0.3) is 0 Å². The molecule has 0 N–H and O–H groups in total. The highest BCUT2D eigenvalue weighted by molar-refractivity contribution is 14.1. The van der Waals surface area contributed by atoms with E-state index in [0.717, 1.165) is 30.5 Å². The summed E-state index contributed by atoms with van der Waals surface area (Å²) in [6.45, 7) is 3.72. The number of hydrogen-bond acceptors (Lipinski definition) is 2. The second kappa shape index (κ2) is 7.32. The highest BCUT2D eigenvalue weighted by Gasteiger charge is 2.42. The van der Waals surface area contributed by atoms with E-state index in [1.165, 1.54) is 11.1 Å². The van der Waals surface area contributed by atoms with Crippen molar-refractivity contribution in [1.29, 1.82) is 0 Å². The van der Waals surface area contributed by atoms with Crippen LogP contribution >= 0.6 is 22.6 Å². The second-order valence-corrected chi connectivity index (χ2v) is 7.52. The molecule has 1 saturated heterocycles. The summed E-state index contributed by atoms with van der Waals surface area (Å²) in [5, 5.41) is 0. The van der Waals surface area contributed by atoms with Gasteiger partial charge in [0.1, 0.15) is 0 Å². The monoisotopic (exact) mass is 422 g/mol. The van der Waals surface area contributed by atoms with Gasteiger partial charge in [-0.2, -0.15) is 0 Å². The van der Waals surface area contributed by atoms with Gasteiger partial charge in [0.15, 0.2) is 5.79 Å². The van der Waals surface area contributed by atoms with Gasteiger partial charge in [-0.25, -0.2) is 0 Å². The Hall–Kier alpha value is -0.910. The van der Waals surface area contributed by atoms with Crippen molar-refractivity contribution in [3.8, 4) is 0 Å². The van der Waals surface area contributed by atoms with E-state index in [2.05, 4.69) is 78.0 Å². The third-order valence-corrected chi connectivity index (χ3v) is 6.16. The van der Waals surface area contributed by atoms with Crippen molar-refractivity contribution in [2.75, 3.05) is 17.6 Å². The molecule has 1 fully saturated rings. The van der Waals surface area contributed by atoms with Gasteiger partial charge in [-0.15, -0.1) is 0 Å². The number of ether oxygens (including phenoxy) is 2. The molecule has 3 heteroatoms. The zero-order valence-electron chi connectivity index (χ0n) is 13.5. The van der Waals surface area contributed by atoms with E-state index in [1.54, 1.807) is 0 Å². The lowest BCUT2D eigenvalue weighted by Crippen LogP contribution is -2.51. The maximum absolute atomic E-state index is 6.35. The number of halogens is 1. The molecule has 1 aliphatic heterocycles. The topological polar surface area (TPSA) is 18.5 Å². The molecule has 122 valence electrons. The zero-order valence-corrected chi connectivity index (χ0v) is 15.7. The van der Waals surface area contributed by atoms with Crippen molar-refractivity contribution in [3.63, 3.8) is 0 Å². The summed E-state index contributed by atoms with van der Waals surface area (Å²) in [4.78, 5) is 0. The molecular formula is C20H23IO2. The summed E-state index contributed by atoms with van der Waals surface area (Å²) < 4.78 is 13.7. The van der Waals surface area contributed by atoms with E-state index in [0.29, 0.717) is 0 Å². The third kappa shape index (κ3) is 4.34. The Morgan fingerprint density at radius 3 is 1.65 bits per heavy atom. The van der Waals surface area contributed by atoms with Crippen molar-refractivity contribution in [2.24, 2.45) is 5.41 Å². The Balaban J connectivity index is 1.82. The van der Waals surface area contributed by atoms with E-state index in [1.807, 2.05) is 12.1 Å². The quantitative estimate of drug-likeness (QED) is 0.516. The van der Waals surface area contributed by atoms with Crippen molar-refractivity contribution >= 4 is 22.6 Å². The van der Waals surface area contributed by atoms with Crippen LogP contribution in [0.15, 0.2) is 60.7 Å². The number of rotatable bonds is 5. The Bertz CT molecular complexity index is 561. The molecule has 1 heterocycles. The van der Waals surface area contributed by atoms with Gasteiger partial charge in [0.2, 0.25) is 0 Å². The van der Waals surface area contributed by atoms with Crippen LogP contribution in [0.25, 0.3) is 0 Å². The highest BCUT2D eigenvalue weighted by Crippen LogP contribution is 2.35. The standard InChI is InChI=1S/C20H23IO2/c1-19(14-21)15-22-20(23-16-19,12-17-8-4-2-5-9-17)13-18-10-6-3-7-11-18/h2-11H,12-16H2,1H3. The van der Waals surface area contributed by atoms with Gasteiger partial charge < -0.3 is 9.47 Å². The fourth-order valence-corrected chi connectivity index (χ4v) is 3.29. The molecule has 23 heavy (non-hydrogen) atoms. The van der Waals surface area contributed by atoms with Crippen LogP contribution in [0.1, 0.15) is 18.1 Å². The molecule has 2 aromatic rings. The molecule has 0 amide bonds. The SMILES string of the molecule is CC1(CI)COC(Cc2ccccc2)(Cc2ccccc2)OC1. The van der Waals surface area contributed by atoms with Gasteiger partial charge in [0.05, 0.1) is 13.2 Å².